The zero-order valence-corrected chi connectivity index (χ0v) is 14.8. The van der Waals surface area contributed by atoms with Gasteiger partial charge in [0.05, 0.1) is 6.61 Å². The summed E-state index contributed by atoms with van der Waals surface area (Å²) in [6.07, 6.45) is 5.27. The van der Waals surface area contributed by atoms with Crippen molar-refractivity contribution in [2.24, 2.45) is 11.3 Å². The summed E-state index contributed by atoms with van der Waals surface area (Å²) < 4.78 is 12.3. The van der Waals surface area contributed by atoms with Crippen LogP contribution in [-0.2, 0) is 9.47 Å². The highest BCUT2D eigenvalue weighted by molar-refractivity contribution is 4.90. The summed E-state index contributed by atoms with van der Waals surface area (Å²) in [5, 5.41) is 18.9. The Labute approximate surface area is 140 Å². The lowest BCUT2D eigenvalue weighted by atomic mass is 9.71. The molecule has 0 amide bonds. The topological polar surface area (TPSA) is 62.2 Å². The van der Waals surface area contributed by atoms with E-state index in [1.165, 1.54) is 0 Å². The molecule has 23 heavy (non-hydrogen) atoms. The smallest absolute Gasteiger partial charge is 0.169 e. The molecule has 2 aliphatic rings. The first kappa shape index (κ1) is 18.7. The fourth-order valence-corrected chi connectivity index (χ4v) is 3.73. The summed E-state index contributed by atoms with van der Waals surface area (Å²) in [6, 6.07) is 0. The second kappa shape index (κ2) is 7.51. The first-order valence-electron chi connectivity index (χ1n) is 8.78. The quantitative estimate of drug-likeness (QED) is 0.734. The number of ether oxygens (including phenoxy) is 2. The molecule has 2 atom stereocenters. The summed E-state index contributed by atoms with van der Waals surface area (Å²) in [6.45, 7) is 11.7. The zero-order valence-electron chi connectivity index (χ0n) is 14.8. The molecule has 1 saturated heterocycles. The van der Waals surface area contributed by atoms with Crippen LogP contribution in [0.4, 0.5) is 0 Å². The van der Waals surface area contributed by atoms with Gasteiger partial charge in [-0.05, 0) is 30.4 Å². The lowest BCUT2D eigenvalue weighted by molar-refractivity contribution is -0.198. The molecule has 0 radical (unpaired) electrons. The molecule has 5 nitrogen and oxygen atoms in total. The number of aliphatic hydroxyl groups is 2. The number of aliphatic hydroxyl groups excluding tert-OH is 2. The Hall–Kier alpha value is -0.620. The van der Waals surface area contributed by atoms with Crippen LogP contribution in [0.15, 0.2) is 12.8 Å². The zero-order chi connectivity index (χ0) is 17.1. The molecular formula is C18H33NO4. The van der Waals surface area contributed by atoms with Crippen LogP contribution in [0, 0.1) is 11.3 Å². The van der Waals surface area contributed by atoms with Crippen molar-refractivity contribution in [3.8, 4) is 0 Å². The van der Waals surface area contributed by atoms with E-state index in [-0.39, 0.29) is 12.7 Å². The average molecular weight is 327 g/mol. The Balaban J connectivity index is 1.85. The third-order valence-electron chi connectivity index (χ3n) is 5.30. The van der Waals surface area contributed by atoms with E-state index in [2.05, 4.69) is 27.4 Å². The lowest BCUT2D eigenvalue weighted by Gasteiger charge is -2.41. The van der Waals surface area contributed by atoms with E-state index in [0.29, 0.717) is 25.0 Å². The van der Waals surface area contributed by atoms with Gasteiger partial charge < -0.3 is 24.6 Å². The Morgan fingerprint density at radius 1 is 1.35 bits per heavy atom. The molecule has 1 saturated carbocycles. The van der Waals surface area contributed by atoms with Gasteiger partial charge in [-0.3, -0.25) is 0 Å². The molecule has 2 unspecified atom stereocenters. The van der Waals surface area contributed by atoms with Gasteiger partial charge in [0.2, 0.25) is 0 Å². The van der Waals surface area contributed by atoms with E-state index in [4.69, 9.17) is 14.6 Å². The fraction of sp³-hybridized carbons (Fsp3) is 0.889. The van der Waals surface area contributed by atoms with Gasteiger partial charge in [-0.25, -0.2) is 0 Å². The average Bonchev–Trinajstić information content (AvgIpc) is 2.87. The maximum Gasteiger partial charge on any atom is 0.169 e. The highest BCUT2D eigenvalue weighted by atomic mass is 16.7. The monoisotopic (exact) mass is 327 g/mol. The largest absolute Gasteiger partial charge is 0.396 e. The van der Waals surface area contributed by atoms with Crippen LogP contribution in [0.1, 0.15) is 52.9 Å². The second-order valence-corrected chi connectivity index (χ2v) is 7.97. The molecule has 2 rings (SSSR count). The van der Waals surface area contributed by atoms with E-state index in [1.807, 2.05) is 0 Å². The number of hydrogen-bond acceptors (Lipinski definition) is 5. The van der Waals surface area contributed by atoms with Gasteiger partial charge in [0.1, 0.15) is 12.3 Å². The number of rotatable bonds is 6. The molecular weight excluding hydrogens is 294 g/mol. The Morgan fingerprint density at radius 2 is 2.00 bits per heavy atom. The van der Waals surface area contributed by atoms with Gasteiger partial charge in [-0.1, -0.05) is 27.4 Å². The summed E-state index contributed by atoms with van der Waals surface area (Å²) in [5.41, 5.74) is 0.341. The van der Waals surface area contributed by atoms with Crippen LogP contribution >= 0.6 is 0 Å². The second-order valence-electron chi connectivity index (χ2n) is 7.97. The van der Waals surface area contributed by atoms with Gasteiger partial charge in [-0.15, -0.1) is 0 Å². The van der Waals surface area contributed by atoms with E-state index in [1.54, 1.807) is 11.1 Å². The standard InChI is InChI=1S/C18H33NO4/c1-5-19(16(21)8-11-20)12-15-13-22-18(23-15)9-6-14(7-10-18)17(2,3)4/h5,14-16,20-21H,1,6-13H2,2-4H3. The van der Waals surface area contributed by atoms with Crippen molar-refractivity contribution in [2.45, 2.75) is 71.0 Å². The van der Waals surface area contributed by atoms with Crippen LogP contribution in [-0.4, -0.2) is 53.0 Å². The van der Waals surface area contributed by atoms with Crippen LogP contribution in [0.25, 0.3) is 0 Å². The van der Waals surface area contributed by atoms with Crippen LogP contribution < -0.4 is 0 Å². The van der Waals surface area contributed by atoms with E-state index in [0.717, 1.165) is 31.6 Å². The molecule has 134 valence electrons. The minimum absolute atomic E-state index is 0.0499. The SMILES string of the molecule is C=CN(CC1COC2(CCC(C(C)(C)C)CC2)O1)C(O)CCO. The summed E-state index contributed by atoms with van der Waals surface area (Å²) in [5.74, 6) is 0.289. The third kappa shape index (κ3) is 4.69. The number of nitrogens with zero attached hydrogens (tertiary/aromatic N) is 1. The van der Waals surface area contributed by atoms with Crippen molar-refractivity contribution in [3.05, 3.63) is 12.8 Å². The molecule has 0 aromatic carbocycles. The predicted octanol–water partition coefficient (Wildman–Crippen LogP) is 2.48. The summed E-state index contributed by atoms with van der Waals surface area (Å²) in [4.78, 5) is 1.71. The molecule has 1 aliphatic carbocycles. The van der Waals surface area contributed by atoms with E-state index in [9.17, 15) is 5.11 Å². The van der Waals surface area contributed by atoms with Gasteiger partial charge in [-0.2, -0.15) is 0 Å². The maximum absolute atomic E-state index is 9.99. The van der Waals surface area contributed by atoms with Gasteiger partial charge >= 0.3 is 0 Å². The van der Waals surface area contributed by atoms with Crippen LogP contribution in [0.5, 0.6) is 0 Å². The van der Waals surface area contributed by atoms with E-state index >= 15 is 0 Å². The highest BCUT2D eigenvalue weighted by Crippen LogP contribution is 2.45. The minimum atomic E-state index is -0.728. The lowest BCUT2D eigenvalue weighted by Crippen LogP contribution is -2.41. The maximum atomic E-state index is 9.99. The molecule has 1 aliphatic heterocycles. The highest BCUT2D eigenvalue weighted by Gasteiger charge is 2.46. The predicted molar refractivity (Wildman–Crippen MR) is 89.6 cm³/mol. The van der Waals surface area contributed by atoms with Crippen molar-refractivity contribution < 1.29 is 19.7 Å². The normalized spacial score (nSPS) is 32.9. The van der Waals surface area contributed by atoms with Crippen molar-refractivity contribution in [1.82, 2.24) is 4.90 Å². The number of hydrogen-bond donors (Lipinski definition) is 2. The molecule has 0 aromatic rings. The molecule has 0 bridgehead atoms. The van der Waals surface area contributed by atoms with E-state index < -0.39 is 12.0 Å². The summed E-state index contributed by atoms with van der Waals surface area (Å²) >= 11 is 0. The van der Waals surface area contributed by atoms with Crippen molar-refractivity contribution in [1.29, 1.82) is 0 Å². The van der Waals surface area contributed by atoms with Crippen molar-refractivity contribution in [2.75, 3.05) is 19.8 Å². The molecule has 2 fully saturated rings. The van der Waals surface area contributed by atoms with Crippen molar-refractivity contribution >= 4 is 0 Å². The van der Waals surface area contributed by atoms with Gasteiger partial charge in [0.15, 0.2) is 5.79 Å². The van der Waals surface area contributed by atoms with Gasteiger partial charge in [0, 0.05) is 32.4 Å². The summed E-state index contributed by atoms with van der Waals surface area (Å²) in [7, 11) is 0. The molecule has 2 N–H and O–H groups in total. The Morgan fingerprint density at radius 3 is 2.52 bits per heavy atom. The Kier molecular flexibility index (Phi) is 6.11. The fourth-order valence-electron chi connectivity index (χ4n) is 3.73. The van der Waals surface area contributed by atoms with Crippen LogP contribution in [0.3, 0.4) is 0 Å². The minimum Gasteiger partial charge on any atom is -0.396 e. The first-order valence-corrected chi connectivity index (χ1v) is 8.78. The first-order chi connectivity index (χ1) is 10.8. The molecule has 0 aromatic heterocycles. The third-order valence-corrected chi connectivity index (χ3v) is 5.30. The molecule has 5 heteroatoms. The van der Waals surface area contributed by atoms with Crippen molar-refractivity contribution in [3.63, 3.8) is 0 Å². The van der Waals surface area contributed by atoms with Gasteiger partial charge in [0.25, 0.3) is 0 Å². The van der Waals surface area contributed by atoms with Crippen LogP contribution in [0.2, 0.25) is 0 Å². The Bertz CT molecular complexity index is 385. The molecule has 1 spiro atoms. The molecule has 1 heterocycles.